The van der Waals surface area contributed by atoms with E-state index >= 15 is 0 Å². The molecule has 1 heterocycles. The molecule has 0 saturated carbocycles. The Morgan fingerprint density at radius 2 is 1.58 bits per heavy atom. The van der Waals surface area contributed by atoms with Crippen molar-refractivity contribution >= 4 is 7.60 Å². The summed E-state index contributed by atoms with van der Waals surface area (Å²) in [7, 11) is -4.01. The van der Waals surface area contributed by atoms with E-state index in [4.69, 9.17) is 14.8 Å². The summed E-state index contributed by atoms with van der Waals surface area (Å²) in [4.78, 5) is 22.5. The van der Waals surface area contributed by atoms with Crippen LogP contribution in [0.25, 0.3) is 22.4 Å². The second-order valence-electron chi connectivity index (χ2n) is 7.06. The molecule has 3 aromatic rings. The van der Waals surface area contributed by atoms with Crippen molar-refractivity contribution in [3.8, 4) is 22.4 Å². The third-order valence-corrected chi connectivity index (χ3v) is 5.53. The third kappa shape index (κ3) is 6.74. The number of alkyl halides is 3. The average Bonchev–Trinajstić information content (AvgIpc) is 2.73. The first kappa shape index (κ1) is 23.2. The van der Waals surface area contributed by atoms with Crippen LogP contribution in [0.2, 0.25) is 0 Å². The summed E-state index contributed by atoms with van der Waals surface area (Å²) in [5, 5.41) is 3.11. The lowest BCUT2D eigenvalue weighted by Crippen LogP contribution is -2.16. The minimum atomic E-state index is -4.39. The first-order valence-electron chi connectivity index (χ1n) is 9.62. The van der Waals surface area contributed by atoms with E-state index in [0.717, 1.165) is 17.7 Å². The van der Waals surface area contributed by atoms with Gasteiger partial charge >= 0.3 is 13.8 Å². The molecular weight excluding hydrogens is 428 g/mol. The summed E-state index contributed by atoms with van der Waals surface area (Å²) in [5.74, 6) is 0. The first-order valence-corrected chi connectivity index (χ1v) is 11.4. The molecule has 31 heavy (non-hydrogen) atoms. The van der Waals surface area contributed by atoms with Crippen LogP contribution in [0, 0.1) is 0 Å². The van der Waals surface area contributed by atoms with Crippen LogP contribution >= 0.6 is 7.60 Å². The van der Waals surface area contributed by atoms with Crippen molar-refractivity contribution in [1.29, 1.82) is 0 Å². The van der Waals surface area contributed by atoms with Gasteiger partial charge in [0.15, 0.2) is 0 Å². The molecular formula is C22H22F3N2O3P. The summed E-state index contributed by atoms with van der Waals surface area (Å²) in [6.45, 7) is 0.822. The Bertz CT molecular complexity index is 1050. The largest absolute Gasteiger partial charge is 0.416 e. The molecule has 9 heteroatoms. The summed E-state index contributed by atoms with van der Waals surface area (Å²) in [6.07, 6.45) is -4.25. The SMILES string of the molecule is O=P(O)(O)CCCNCc1ccc(-c2ccc(C(F)(F)F)cc2)c(-c2ccccc2)n1. The molecule has 0 unspecified atom stereocenters. The number of halogens is 3. The molecule has 1 aromatic heterocycles. The van der Waals surface area contributed by atoms with E-state index in [2.05, 4.69) is 5.32 Å². The molecule has 3 N–H and O–H groups in total. The van der Waals surface area contributed by atoms with Crippen molar-refractivity contribution in [2.45, 2.75) is 19.1 Å². The molecule has 0 aliphatic rings. The topological polar surface area (TPSA) is 82.5 Å². The van der Waals surface area contributed by atoms with E-state index in [1.54, 1.807) is 6.07 Å². The highest BCUT2D eigenvalue weighted by Gasteiger charge is 2.30. The molecule has 0 aliphatic heterocycles. The van der Waals surface area contributed by atoms with E-state index < -0.39 is 19.3 Å². The predicted octanol–water partition coefficient (Wildman–Crippen LogP) is 5.09. The molecule has 0 bridgehead atoms. The van der Waals surface area contributed by atoms with Crippen molar-refractivity contribution < 1.29 is 27.5 Å². The quantitative estimate of drug-likeness (QED) is 0.329. The zero-order valence-corrected chi connectivity index (χ0v) is 17.4. The Hall–Kier alpha value is -2.51. The monoisotopic (exact) mass is 450 g/mol. The fraction of sp³-hybridized carbons (Fsp3) is 0.227. The van der Waals surface area contributed by atoms with Crippen molar-refractivity contribution in [2.75, 3.05) is 12.7 Å². The Morgan fingerprint density at radius 3 is 2.19 bits per heavy atom. The van der Waals surface area contributed by atoms with Gasteiger partial charge in [0.1, 0.15) is 0 Å². The molecule has 0 fully saturated rings. The van der Waals surface area contributed by atoms with Crippen molar-refractivity contribution in [1.82, 2.24) is 10.3 Å². The molecule has 0 saturated heterocycles. The molecule has 0 radical (unpaired) electrons. The Labute approximate surface area is 178 Å². The van der Waals surface area contributed by atoms with Gasteiger partial charge in [-0.15, -0.1) is 0 Å². The molecule has 3 rings (SSSR count). The minimum absolute atomic E-state index is 0.185. The van der Waals surface area contributed by atoms with E-state index in [1.165, 1.54) is 12.1 Å². The van der Waals surface area contributed by atoms with Crippen molar-refractivity contribution in [3.05, 3.63) is 78.0 Å². The molecule has 2 aromatic carbocycles. The summed E-state index contributed by atoms with van der Waals surface area (Å²) >= 11 is 0. The number of pyridine rings is 1. The smallest absolute Gasteiger partial charge is 0.324 e. The highest BCUT2D eigenvalue weighted by atomic mass is 31.2. The Morgan fingerprint density at radius 1 is 0.903 bits per heavy atom. The lowest BCUT2D eigenvalue weighted by atomic mass is 9.98. The van der Waals surface area contributed by atoms with Gasteiger partial charge in [0.05, 0.1) is 23.1 Å². The molecule has 0 aliphatic carbocycles. The van der Waals surface area contributed by atoms with Crippen LogP contribution < -0.4 is 5.32 Å². The van der Waals surface area contributed by atoms with E-state index in [9.17, 15) is 17.7 Å². The molecule has 5 nitrogen and oxygen atoms in total. The standard InChI is InChI=1S/C22H22F3N2O3P/c23-22(24,25)18-9-7-16(8-10-18)20-12-11-19(15-26-13-4-14-31(28,29)30)27-21(20)17-5-2-1-3-6-17/h1-3,5-12,26H,4,13-15H2,(H2,28,29,30). The number of hydrogen-bond donors (Lipinski definition) is 3. The number of nitrogens with one attached hydrogen (secondary N) is 1. The predicted molar refractivity (Wildman–Crippen MR) is 113 cm³/mol. The second kappa shape index (κ2) is 9.75. The zero-order chi connectivity index (χ0) is 22.5. The lowest BCUT2D eigenvalue weighted by molar-refractivity contribution is -0.137. The zero-order valence-electron chi connectivity index (χ0n) is 16.5. The van der Waals surface area contributed by atoms with Gasteiger partial charge < -0.3 is 15.1 Å². The van der Waals surface area contributed by atoms with E-state index in [-0.39, 0.29) is 6.16 Å². The molecule has 164 valence electrons. The number of benzene rings is 2. The van der Waals surface area contributed by atoms with Crippen molar-refractivity contribution in [3.63, 3.8) is 0 Å². The fourth-order valence-electron chi connectivity index (χ4n) is 3.11. The highest BCUT2D eigenvalue weighted by molar-refractivity contribution is 7.51. The van der Waals surface area contributed by atoms with Crippen LogP contribution in [0.5, 0.6) is 0 Å². The Kier molecular flexibility index (Phi) is 7.28. The number of aromatic nitrogens is 1. The van der Waals surface area contributed by atoms with E-state index in [0.29, 0.717) is 42.0 Å². The summed E-state index contributed by atoms with van der Waals surface area (Å²) < 4.78 is 49.6. The number of hydrogen-bond acceptors (Lipinski definition) is 3. The number of rotatable bonds is 8. The summed E-state index contributed by atoms with van der Waals surface area (Å²) in [6, 6.07) is 18.0. The molecule has 0 amide bonds. The number of nitrogens with zero attached hydrogens (tertiary/aromatic N) is 1. The lowest BCUT2D eigenvalue weighted by Gasteiger charge is -2.13. The van der Waals surface area contributed by atoms with E-state index in [1.807, 2.05) is 36.4 Å². The first-order chi connectivity index (χ1) is 14.6. The second-order valence-corrected chi connectivity index (χ2v) is 8.84. The minimum Gasteiger partial charge on any atom is -0.324 e. The maximum Gasteiger partial charge on any atom is 0.416 e. The van der Waals surface area contributed by atoms with Gasteiger partial charge in [-0.3, -0.25) is 9.55 Å². The highest BCUT2D eigenvalue weighted by Crippen LogP contribution is 2.35. The summed E-state index contributed by atoms with van der Waals surface area (Å²) in [5.41, 5.74) is 2.83. The molecule has 0 atom stereocenters. The molecule has 0 spiro atoms. The van der Waals surface area contributed by atoms with Gasteiger partial charge in [-0.1, -0.05) is 48.5 Å². The van der Waals surface area contributed by atoms with Crippen LogP contribution in [-0.2, 0) is 17.3 Å². The Balaban J connectivity index is 1.84. The average molecular weight is 450 g/mol. The fourth-order valence-corrected chi connectivity index (χ4v) is 3.68. The van der Waals surface area contributed by atoms with Gasteiger partial charge in [0.2, 0.25) is 0 Å². The van der Waals surface area contributed by atoms with Crippen LogP contribution in [-0.4, -0.2) is 27.5 Å². The van der Waals surface area contributed by atoms with Crippen LogP contribution in [0.4, 0.5) is 13.2 Å². The van der Waals surface area contributed by atoms with Gasteiger partial charge in [-0.2, -0.15) is 13.2 Å². The maximum atomic E-state index is 12.9. The van der Waals surface area contributed by atoms with Gasteiger partial charge in [-0.25, -0.2) is 0 Å². The van der Waals surface area contributed by atoms with Gasteiger partial charge in [0.25, 0.3) is 0 Å². The van der Waals surface area contributed by atoms with Crippen LogP contribution in [0.1, 0.15) is 17.7 Å². The maximum absolute atomic E-state index is 12.9. The van der Waals surface area contributed by atoms with Gasteiger partial charge in [-0.05, 0) is 36.7 Å². The normalized spacial score (nSPS) is 12.2. The third-order valence-electron chi connectivity index (χ3n) is 4.63. The van der Waals surface area contributed by atoms with Crippen LogP contribution in [0.15, 0.2) is 66.7 Å². The van der Waals surface area contributed by atoms with Crippen molar-refractivity contribution in [2.24, 2.45) is 0 Å². The van der Waals surface area contributed by atoms with Crippen LogP contribution in [0.3, 0.4) is 0 Å². The van der Waals surface area contributed by atoms with Gasteiger partial charge in [0, 0.05) is 17.7 Å².